The van der Waals surface area contributed by atoms with Gasteiger partial charge in [-0.25, -0.2) is 9.79 Å². The second-order valence-electron chi connectivity index (χ2n) is 14.4. The van der Waals surface area contributed by atoms with Gasteiger partial charge >= 0.3 is 5.63 Å². The van der Waals surface area contributed by atoms with Crippen LogP contribution < -0.4 is 19.8 Å². The molecule has 0 atom stereocenters. The third kappa shape index (κ3) is 7.57. The summed E-state index contributed by atoms with van der Waals surface area (Å²) in [6.45, 7) is 12.9. The first kappa shape index (κ1) is 34.0. The topological polar surface area (TPSA) is 106 Å². The maximum Gasteiger partial charge on any atom is 0.336 e. The molecule has 0 fully saturated rings. The van der Waals surface area contributed by atoms with Crippen molar-refractivity contribution in [3.8, 4) is 23.1 Å². The molecule has 0 bridgehead atoms. The minimum Gasteiger partial charge on any atom is -0.453 e. The Morgan fingerprint density at radius 3 is 1.92 bits per heavy atom. The van der Waals surface area contributed by atoms with E-state index in [1.807, 2.05) is 54.6 Å². The lowest BCUT2D eigenvalue weighted by molar-refractivity contribution is -0.124. The lowest BCUT2D eigenvalue weighted by atomic mass is 9.87. The highest BCUT2D eigenvalue weighted by Gasteiger charge is 2.29. The Balaban J connectivity index is 1.41. The van der Waals surface area contributed by atoms with E-state index >= 15 is 0 Å². The molecular formula is C41H41N3O6. The van der Waals surface area contributed by atoms with Gasteiger partial charge in [0.15, 0.2) is 11.6 Å². The minimum absolute atomic E-state index is 0.0163. The predicted molar refractivity (Wildman–Crippen MR) is 196 cm³/mol. The molecule has 2 aromatic heterocycles. The second-order valence-corrected chi connectivity index (χ2v) is 14.4. The summed E-state index contributed by atoms with van der Waals surface area (Å²) in [5.74, 6) is 2.21. The molecule has 5 aromatic rings. The van der Waals surface area contributed by atoms with E-state index in [1.165, 1.54) is 16.5 Å². The van der Waals surface area contributed by atoms with Gasteiger partial charge in [0.05, 0.1) is 5.69 Å². The lowest BCUT2D eigenvalue weighted by Crippen LogP contribution is -2.28. The van der Waals surface area contributed by atoms with Crippen LogP contribution in [0.3, 0.4) is 0 Å². The maximum absolute atomic E-state index is 13.4. The zero-order valence-electron chi connectivity index (χ0n) is 29.6. The fourth-order valence-electron chi connectivity index (χ4n) is 5.31. The summed E-state index contributed by atoms with van der Waals surface area (Å²) >= 11 is 0. The van der Waals surface area contributed by atoms with E-state index in [0.717, 1.165) is 10.9 Å². The number of fused-ring (bicyclic) bond motifs is 1. The Morgan fingerprint density at radius 1 is 0.740 bits per heavy atom. The average molecular weight is 672 g/mol. The summed E-state index contributed by atoms with van der Waals surface area (Å²) in [6, 6.07) is 27.6. The molecule has 1 amide bonds. The van der Waals surface area contributed by atoms with Crippen molar-refractivity contribution in [3.63, 3.8) is 0 Å². The number of H-pyrrole nitrogens is 1. The first-order chi connectivity index (χ1) is 23.6. The Morgan fingerprint density at radius 2 is 1.32 bits per heavy atom. The standard InChI is InChI=1S/C41H41N3O6/c1-40(2,3)26-11-16-28(17-12-26)47-35-21-20-32(42-35)37(48-30-15-9-25-10-22-36(45)50-34(25)23-30)33-24-31(39(46)44(7)8)38(43-33)49-29-18-13-27(14-19-29)41(4,5)6/h9-24,42H,1-8H3/b37-33+. The number of ether oxygens (including phenoxy) is 3. The smallest absolute Gasteiger partial charge is 0.336 e. The molecule has 9 nitrogen and oxygen atoms in total. The van der Waals surface area contributed by atoms with E-state index in [-0.39, 0.29) is 28.2 Å². The zero-order valence-corrected chi connectivity index (χ0v) is 29.6. The van der Waals surface area contributed by atoms with E-state index in [0.29, 0.717) is 45.9 Å². The van der Waals surface area contributed by atoms with E-state index in [2.05, 4.69) is 46.5 Å². The van der Waals surface area contributed by atoms with Crippen LogP contribution >= 0.6 is 0 Å². The number of hydrogen-bond donors (Lipinski definition) is 1. The van der Waals surface area contributed by atoms with Crippen LogP contribution in [0, 0.1) is 0 Å². The number of hydrogen-bond acceptors (Lipinski definition) is 7. The zero-order chi connectivity index (χ0) is 35.8. The van der Waals surface area contributed by atoms with Crippen molar-refractivity contribution >= 4 is 28.5 Å². The summed E-state index contributed by atoms with van der Waals surface area (Å²) in [4.78, 5) is 34.9. The normalized spacial score (nSPS) is 14.2. The van der Waals surface area contributed by atoms with Crippen molar-refractivity contribution in [2.75, 3.05) is 14.1 Å². The maximum atomic E-state index is 13.4. The fourth-order valence-corrected chi connectivity index (χ4v) is 5.31. The van der Waals surface area contributed by atoms with Gasteiger partial charge in [-0.3, -0.25) is 4.79 Å². The molecule has 50 heavy (non-hydrogen) atoms. The van der Waals surface area contributed by atoms with Gasteiger partial charge < -0.3 is 28.5 Å². The van der Waals surface area contributed by atoms with Gasteiger partial charge in [-0.05, 0) is 76.6 Å². The van der Waals surface area contributed by atoms with Crippen LogP contribution in [0.15, 0.2) is 123 Å². The molecule has 0 radical (unpaired) electrons. The molecule has 3 aromatic carbocycles. The molecule has 1 aliphatic rings. The number of aromatic nitrogens is 1. The fraction of sp³-hybridized carbons (Fsp3) is 0.244. The Bertz CT molecular complexity index is 2200. The van der Waals surface area contributed by atoms with Crippen LogP contribution in [0.2, 0.25) is 0 Å². The molecule has 1 N–H and O–H groups in total. The van der Waals surface area contributed by atoms with Gasteiger partial charge in [0.1, 0.15) is 34.1 Å². The Labute approximate surface area is 291 Å². The first-order valence-corrected chi connectivity index (χ1v) is 16.4. The quantitative estimate of drug-likeness (QED) is 0.137. The van der Waals surface area contributed by atoms with Crippen molar-refractivity contribution < 1.29 is 23.4 Å². The van der Waals surface area contributed by atoms with Crippen molar-refractivity contribution in [1.82, 2.24) is 9.88 Å². The number of amides is 1. The molecule has 0 aliphatic carbocycles. The SMILES string of the molecule is CN(C)C(=O)C1=C/C(=C(\Oc2ccc3ccc(=O)oc3c2)c2ccc(Oc3ccc(C(C)(C)C)cc3)[nH]2)N=C1Oc1ccc(C(C)(C)C)cc1. The number of carbonyl (C=O) groups is 1. The summed E-state index contributed by atoms with van der Waals surface area (Å²) in [7, 11) is 3.34. The molecule has 6 rings (SSSR count). The molecule has 0 saturated heterocycles. The number of aromatic amines is 1. The molecule has 256 valence electrons. The van der Waals surface area contributed by atoms with Crippen molar-refractivity contribution in [1.29, 1.82) is 0 Å². The number of nitrogens with one attached hydrogen (secondary N) is 1. The van der Waals surface area contributed by atoms with Crippen molar-refractivity contribution in [3.05, 3.63) is 136 Å². The highest BCUT2D eigenvalue weighted by Crippen LogP contribution is 2.34. The number of nitrogens with zero attached hydrogens (tertiary/aromatic N) is 2. The van der Waals surface area contributed by atoms with Gasteiger partial charge in [-0.2, -0.15) is 0 Å². The van der Waals surface area contributed by atoms with Gasteiger partial charge in [0, 0.05) is 37.7 Å². The van der Waals surface area contributed by atoms with Crippen LogP contribution in [-0.2, 0) is 15.6 Å². The number of benzene rings is 3. The summed E-state index contributed by atoms with van der Waals surface area (Å²) in [5.41, 5.74) is 3.36. The predicted octanol–water partition coefficient (Wildman–Crippen LogP) is 8.76. The lowest BCUT2D eigenvalue weighted by Gasteiger charge is -2.19. The van der Waals surface area contributed by atoms with Crippen LogP contribution in [0.25, 0.3) is 16.7 Å². The third-order valence-electron chi connectivity index (χ3n) is 8.20. The molecule has 3 heterocycles. The molecule has 9 heteroatoms. The second kappa shape index (κ2) is 13.2. The van der Waals surface area contributed by atoms with Gasteiger partial charge in [-0.15, -0.1) is 0 Å². The average Bonchev–Trinajstić information content (AvgIpc) is 3.70. The molecule has 1 aliphatic heterocycles. The van der Waals surface area contributed by atoms with Crippen LogP contribution in [0.5, 0.6) is 23.1 Å². The highest BCUT2D eigenvalue weighted by atomic mass is 16.5. The largest absolute Gasteiger partial charge is 0.453 e. The summed E-state index contributed by atoms with van der Waals surface area (Å²) in [5, 5.41) is 0.741. The van der Waals surface area contributed by atoms with Gasteiger partial charge in [0.25, 0.3) is 5.91 Å². The Hall–Kier alpha value is -5.83. The van der Waals surface area contributed by atoms with Crippen LogP contribution in [0.1, 0.15) is 58.4 Å². The van der Waals surface area contributed by atoms with E-state index < -0.39 is 5.63 Å². The van der Waals surface area contributed by atoms with E-state index in [1.54, 1.807) is 50.5 Å². The van der Waals surface area contributed by atoms with Gasteiger partial charge in [0.2, 0.25) is 5.90 Å². The van der Waals surface area contributed by atoms with Crippen LogP contribution in [-0.4, -0.2) is 35.8 Å². The molecule has 0 unspecified atom stereocenters. The molecule has 0 saturated carbocycles. The number of rotatable bonds is 7. The number of likely N-dealkylation sites (N-methyl/N-ethyl adjacent to an activating group) is 1. The van der Waals surface area contributed by atoms with E-state index in [9.17, 15) is 9.59 Å². The minimum atomic E-state index is -0.470. The van der Waals surface area contributed by atoms with Crippen molar-refractivity contribution in [2.24, 2.45) is 4.99 Å². The van der Waals surface area contributed by atoms with Gasteiger partial charge in [-0.1, -0.05) is 65.8 Å². The first-order valence-electron chi connectivity index (χ1n) is 16.4. The Kier molecular flexibility index (Phi) is 9.01. The van der Waals surface area contributed by atoms with Crippen LogP contribution in [0.4, 0.5) is 0 Å². The number of carbonyl (C=O) groups excluding carboxylic acids is 1. The molecular weight excluding hydrogens is 630 g/mol. The van der Waals surface area contributed by atoms with Crippen molar-refractivity contribution in [2.45, 2.75) is 52.4 Å². The summed E-state index contributed by atoms with van der Waals surface area (Å²) < 4.78 is 24.3. The number of aliphatic imine (C=N–C) groups is 1. The molecule has 0 spiro atoms. The number of allylic oxidation sites excluding steroid dienone is 1. The monoisotopic (exact) mass is 671 g/mol. The highest BCUT2D eigenvalue weighted by molar-refractivity contribution is 6.21. The third-order valence-corrected chi connectivity index (χ3v) is 8.20. The summed E-state index contributed by atoms with van der Waals surface area (Å²) in [6.07, 6.45) is 1.64. The van der Waals surface area contributed by atoms with E-state index in [4.69, 9.17) is 23.6 Å².